The summed E-state index contributed by atoms with van der Waals surface area (Å²) in [6.45, 7) is 5.18. The molecule has 0 saturated carbocycles. The van der Waals surface area contributed by atoms with Gasteiger partial charge in [0.15, 0.2) is 0 Å². The lowest BCUT2D eigenvalue weighted by molar-refractivity contribution is 0.637. The molecule has 0 aliphatic rings. The van der Waals surface area contributed by atoms with E-state index in [0.717, 1.165) is 45.7 Å². The van der Waals surface area contributed by atoms with Crippen LogP contribution >= 0.6 is 0 Å². The number of fused-ring (bicyclic) bond motifs is 1. The van der Waals surface area contributed by atoms with E-state index in [1.165, 1.54) is 12.4 Å². The molecule has 0 fully saturated rings. The molecule has 0 bridgehead atoms. The second-order valence-corrected chi connectivity index (χ2v) is 7.33. The second-order valence-electron chi connectivity index (χ2n) is 7.33. The van der Waals surface area contributed by atoms with Crippen molar-refractivity contribution in [3.63, 3.8) is 0 Å². The Morgan fingerprint density at radius 3 is 2.57 bits per heavy atom. The van der Waals surface area contributed by atoms with Crippen LogP contribution in [0.2, 0.25) is 0 Å². The van der Waals surface area contributed by atoms with Crippen LogP contribution in [-0.2, 0) is 13.0 Å². The van der Waals surface area contributed by atoms with Gasteiger partial charge in [0, 0.05) is 35.9 Å². The molecule has 0 amide bonds. The van der Waals surface area contributed by atoms with Gasteiger partial charge in [-0.15, -0.1) is 0 Å². The lowest BCUT2D eigenvalue weighted by atomic mass is 10.0. The van der Waals surface area contributed by atoms with E-state index in [2.05, 4.69) is 25.6 Å². The molecule has 0 saturated heterocycles. The molecule has 154 valence electrons. The summed E-state index contributed by atoms with van der Waals surface area (Å²) in [5.74, 6) is 1.21. The first-order valence-electron chi connectivity index (χ1n) is 9.93. The molecule has 2 heterocycles. The molecule has 4 aromatic rings. The van der Waals surface area contributed by atoms with E-state index < -0.39 is 0 Å². The van der Waals surface area contributed by atoms with Crippen molar-refractivity contribution in [2.75, 3.05) is 17.2 Å². The van der Waals surface area contributed by atoms with Gasteiger partial charge in [0.25, 0.3) is 0 Å². The predicted molar refractivity (Wildman–Crippen MR) is 120 cm³/mol. The summed E-state index contributed by atoms with van der Waals surface area (Å²) in [5, 5.41) is 7.58. The molecule has 0 unspecified atom stereocenters. The van der Waals surface area contributed by atoms with Crippen LogP contribution in [0.5, 0.6) is 0 Å². The highest BCUT2D eigenvalue weighted by Crippen LogP contribution is 2.28. The number of anilines is 3. The Balaban J connectivity index is 1.44. The molecule has 7 heteroatoms. The van der Waals surface area contributed by atoms with Crippen molar-refractivity contribution in [2.45, 2.75) is 26.8 Å². The van der Waals surface area contributed by atoms with E-state index in [-0.39, 0.29) is 5.82 Å². The number of aromatic amines is 1. The van der Waals surface area contributed by atoms with Gasteiger partial charge in [0.05, 0.1) is 5.52 Å². The van der Waals surface area contributed by atoms with Crippen LogP contribution in [0, 0.1) is 19.7 Å². The van der Waals surface area contributed by atoms with Gasteiger partial charge in [-0.2, -0.15) is 0 Å². The van der Waals surface area contributed by atoms with Crippen molar-refractivity contribution in [1.29, 1.82) is 0 Å². The van der Waals surface area contributed by atoms with Gasteiger partial charge in [0.2, 0.25) is 0 Å². The van der Waals surface area contributed by atoms with Gasteiger partial charge in [-0.3, -0.25) is 0 Å². The Morgan fingerprint density at radius 2 is 1.80 bits per heavy atom. The highest BCUT2D eigenvalue weighted by atomic mass is 19.1. The summed E-state index contributed by atoms with van der Waals surface area (Å²) >= 11 is 0. The third kappa shape index (κ3) is 4.11. The number of hydrogen-bond acceptors (Lipinski definition) is 5. The molecule has 0 radical (unpaired) electrons. The van der Waals surface area contributed by atoms with Crippen LogP contribution in [0.4, 0.5) is 21.7 Å². The molecule has 2 aromatic heterocycles. The topological polar surface area (TPSA) is 91.7 Å². The minimum absolute atomic E-state index is 0.219. The third-order valence-electron chi connectivity index (χ3n) is 5.24. The minimum Gasteiger partial charge on any atom is -0.370 e. The number of aromatic nitrogens is 3. The number of hydrogen-bond donors (Lipinski definition) is 4. The zero-order chi connectivity index (χ0) is 21.1. The van der Waals surface area contributed by atoms with Crippen LogP contribution in [-0.4, -0.2) is 21.5 Å². The van der Waals surface area contributed by atoms with Crippen LogP contribution in [0.3, 0.4) is 0 Å². The monoisotopic (exact) mass is 404 g/mol. The van der Waals surface area contributed by atoms with E-state index in [1.54, 1.807) is 0 Å². The number of rotatable bonds is 7. The van der Waals surface area contributed by atoms with Crippen LogP contribution in [0.25, 0.3) is 10.9 Å². The van der Waals surface area contributed by atoms with Crippen molar-refractivity contribution in [3.05, 3.63) is 77.0 Å². The fourth-order valence-electron chi connectivity index (χ4n) is 3.67. The first kappa shape index (κ1) is 19.8. The van der Waals surface area contributed by atoms with Crippen molar-refractivity contribution in [2.24, 2.45) is 5.73 Å². The SMILES string of the molecule is Cc1[nH]c2c(F)ccc(C)c2c1CCNc1cc(Nc2ccc(CN)cc2)ncn1. The summed E-state index contributed by atoms with van der Waals surface area (Å²) in [6, 6.07) is 13.1. The largest absolute Gasteiger partial charge is 0.370 e. The standard InChI is InChI=1S/C23H25FN6/c1-14-3-8-19(24)23-22(14)18(15(2)29-23)9-10-26-20-11-21(28-13-27-20)30-17-6-4-16(12-25)5-7-17/h3-8,11,13,29H,9-10,12,25H2,1-2H3,(H2,26,27,28,30). The highest BCUT2D eigenvalue weighted by Gasteiger charge is 2.13. The number of nitrogens with two attached hydrogens (primary N) is 1. The maximum Gasteiger partial charge on any atom is 0.147 e. The Bertz CT molecular complexity index is 1170. The molecule has 0 spiro atoms. The third-order valence-corrected chi connectivity index (χ3v) is 5.24. The van der Waals surface area contributed by atoms with Crippen molar-refractivity contribution in [3.8, 4) is 0 Å². The molecule has 5 N–H and O–H groups in total. The smallest absolute Gasteiger partial charge is 0.147 e. The number of benzene rings is 2. The molecular weight excluding hydrogens is 379 g/mol. The number of halogens is 1. The highest BCUT2D eigenvalue weighted by molar-refractivity contribution is 5.88. The van der Waals surface area contributed by atoms with Gasteiger partial charge in [-0.1, -0.05) is 18.2 Å². The normalized spacial score (nSPS) is 11.1. The molecule has 6 nitrogen and oxygen atoms in total. The fraction of sp³-hybridized carbons (Fsp3) is 0.217. The summed E-state index contributed by atoms with van der Waals surface area (Å²) in [7, 11) is 0. The summed E-state index contributed by atoms with van der Waals surface area (Å²) in [4.78, 5) is 11.8. The van der Waals surface area contributed by atoms with Crippen LogP contribution in [0.1, 0.15) is 22.4 Å². The van der Waals surface area contributed by atoms with Crippen LogP contribution < -0.4 is 16.4 Å². The molecule has 0 aliphatic heterocycles. The lowest BCUT2D eigenvalue weighted by Gasteiger charge is -2.10. The molecule has 4 rings (SSSR count). The second kappa shape index (κ2) is 8.51. The minimum atomic E-state index is -0.219. The van der Waals surface area contributed by atoms with Gasteiger partial charge in [-0.25, -0.2) is 14.4 Å². The van der Waals surface area contributed by atoms with Crippen molar-refractivity contribution >= 4 is 28.2 Å². The van der Waals surface area contributed by atoms with Gasteiger partial charge in [-0.05, 0) is 55.2 Å². The molecule has 0 atom stereocenters. The van der Waals surface area contributed by atoms with Gasteiger partial charge < -0.3 is 21.4 Å². The van der Waals surface area contributed by atoms with E-state index in [0.29, 0.717) is 24.4 Å². The number of aryl methyl sites for hydroxylation is 2. The average molecular weight is 404 g/mol. The number of nitrogens with zero attached hydrogens (tertiary/aromatic N) is 2. The summed E-state index contributed by atoms with van der Waals surface area (Å²) in [6.07, 6.45) is 2.28. The summed E-state index contributed by atoms with van der Waals surface area (Å²) < 4.78 is 14.1. The Kier molecular flexibility index (Phi) is 5.63. The van der Waals surface area contributed by atoms with E-state index >= 15 is 0 Å². The quantitative estimate of drug-likeness (QED) is 0.362. The van der Waals surface area contributed by atoms with Gasteiger partial charge >= 0.3 is 0 Å². The Labute approximate surface area is 174 Å². The number of H-pyrrole nitrogens is 1. The first-order chi connectivity index (χ1) is 14.5. The molecule has 30 heavy (non-hydrogen) atoms. The Morgan fingerprint density at radius 1 is 1.03 bits per heavy atom. The number of nitrogens with one attached hydrogen (secondary N) is 3. The van der Waals surface area contributed by atoms with Gasteiger partial charge in [0.1, 0.15) is 23.8 Å². The predicted octanol–water partition coefficient (Wildman–Crippen LogP) is 4.57. The lowest BCUT2D eigenvalue weighted by Crippen LogP contribution is -2.08. The zero-order valence-corrected chi connectivity index (χ0v) is 17.1. The van der Waals surface area contributed by atoms with E-state index in [1.807, 2.05) is 50.2 Å². The maximum absolute atomic E-state index is 14.1. The molecule has 2 aromatic carbocycles. The van der Waals surface area contributed by atoms with Crippen molar-refractivity contribution < 1.29 is 4.39 Å². The zero-order valence-electron chi connectivity index (χ0n) is 17.1. The summed E-state index contributed by atoms with van der Waals surface area (Å²) in [5.41, 5.74) is 11.4. The fourth-order valence-corrected chi connectivity index (χ4v) is 3.67. The van der Waals surface area contributed by atoms with E-state index in [4.69, 9.17) is 5.73 Å². The van der Waals surface area contributed by atoms with Crippen LogP contribution in [0.15, 0.2) is 48.8 Å². The maximum atomic E-state index is 14.1. The molecule has 0 aliphatic carbocycles. The Hall–Kier alpha value is -3.45. The van der Waals surface area contributed by atoms with E-state index in [9.17, 15) is 4.39 Å². The van der Waals surface area contributed by atoms with Crippen molar-refractivity contribution in [1.82, 2.24) is 15.0 Å². The average Bonchev–Trinajstić information content (AvgIpc) is 3.09. The molecular formula is C23H25FN6. The first-order valence-corrected chi connectivity index (χ1v) is 9.93.